The first-order valence-corrected chi connectivity index (χ1v) is 18.1. The van der Waals surface area contributed by atoms with E-state index in [1.54, 1.807) is 28.1 Å². The molecule has 3 heterocycles. The van der Waals surface area contributed by atoms with Gasteiger partial charge >= 0.3 is 5.97 Å². The molecule has 3 saturated heterocycles. The monoisotopic (exact) mass is 704 g/mol. The molecule has 13 nitrogen and oxygen atoms in total. The van der Waals surface area contributed by atoms with Gasteiger partial charge < -0.3 is 58.3 Å². The van der Waals surface area contributed by atoms with E-state index in [-0.39, 0.29) is 37.0 Å². The zero-order valence-electron chi connectivity index (χ0n) is 32.3. The number of carbonyl (C=O) groups is 1. The van der Waals surface area contributed by atoms with Crippen molar-refractivity contribution in [3.05, 3.63) is 0 Å². The van der Waals surface area contributed by atoms with Crippen LogP contribution in [0.2, 0.25) is 0 Å². The molecule has 13 heteroatoms. The zero-order chi connectivity index (χ0) is 37.0. The Labute approximate surface area is 294 Å². The number of carbonyl (C=O) groups excluding carboxylic acids is 1. The van der Waals surface area contributed by atoms with Crippen LogP contribution in [0.15, 0.2) is 0 Å². The summed E-state index contributed by atoms with van der Waals surface area (Å²) in [5, 5.41) is 34.0. The highest BCUT2D eigenvalue weighted by atomic mass is 16.7. The Kier molecular flexibility index (Phi) is 15.3. The van der Waals surface area contributed by atoms with Gasteiger partial charge in [0, 0.05) is 45.7 Å². The topological polar surface area (TPSA) is 149 Å². The Hall–Kier alpha value is -0.970. The molecule has 0 amide bonds. The molecule has 0 saturated carbocycles. The summed E-state index contributed by atoms with van der Waals surface area (Å²) < 4.78 is 44.0. The fraction of sp³-hybridized carbons (Fsp3) is 0.972. The lowest BCUT2D eigenvalue weighted by atomic mass is 9.75. The normalized spacial score (nSPS) is 47.3. The lowest BCUT2D eigenvalue weighted by molar-refractivity contribution is -0.319. The summed E-state index contributed by atoms with van der Waals surface area (Å²) in [5.74, 6) is -2.05. The zero-order valence-corrected chi connectivity index (χ0v) is 32.3. The molecule has 288 valence electrons. The molecule has 3 fully saturated rings. The average molecular weight is 705 g/mol. The molecule has 0 unspecified atom stereocenters. The predicted molar refractivity (Wildman–Crippen MR) is 184 cm³/mol. The first kappa shape index (κ1) is 42.4. The second-order valence-electron chi connectivity index (χ2n) is 15.9. The number of likely N-dealkylation sites (N-methyl/N-ethyl adjacent to an activating group) is 2. The van der Waals surface area contributed by atoms with Crippen molar-refractivity contribution in [1.29, 1.82) is 0 Å². The van der Waals surface area contributed by atoms with Crippen molar-refractivity contribution in [2.45, 2.75) is 147 Å². The van der Waals surface area contributed by atoms with Crippen molar-refractivity contribution in [2.75, 3.05) is 55.1 Å². The predicted octanol–water partition coefficient (Wildman–Crippen LogP) is 2.27. The van der Waals surface area contributed by atoms with E-state index in [0.29, 0.717) is 25.9 Å². The van der Waals surface area contributed by atoms with Crippen LogP contribution in [0.5, 0.6) is 0 Å². The molecule has 0 aromatic heterocycles. The highest BCUT2D eigenvalue weighted by Gasteiger charge is 2.52. The van der Waals surface area contributed by atoms with Gasteiger partial charge in [-0.2, -0.15) is 0 Å². The van der Waals surface area contributed by atoms with Crippen LogP contribution in [0, 0.1) is 23.7 Å². The van der Waals surface area contributed by atoms with Gasteiger partial charge in [-0.05, 0) is 80.4 Å². The molecule has 3 aliphatic heterocycles. The van der Waals surface area contributed by atoms with E-state index in [1.807, 2.05) is 67.6 Å². The summed E-state index contributed by atoms with van der Waals surface area (Å²) in [7, 11) is 8.94. The number of hydrogen-bond acceptors (Lipinski definition) is 13. The van der Waals surface area contributed by atoms with Crippen LogP contribution in [0.3, 0.4) is 0 Å². The Morgan fingerprint density at radius 2 is 1.51 bits per heavy atom. The van der Waals surface area contributed by atoms with Gasteiger partial charge in [-0.25, -0.2) is 0 Å². The molecule has 49 heavy (non-hydrogen) atoms. The SMILES string of the molecule is CO[C@]1(C)C[C@@H](C)[C@H](O)[C@H](C)CN(C)CCOC(=O)[C@H](C)[C@@H](O[C@H]2C[C@@](C)(OC)[C@@H](O)[C@H](C)O2)[C@H](C)[C@H]1O[C@@H]1O[C@H](C)C[C@H](N(C)C)[C@H]1O. The quantitative estimate of drug-likeness (QED) is 0.333. The van der Waals surface area contributed by atoms with Crippen LogP contribution in [0.1, 0.15) is 74.7 Å². The minimum Gasteiger partial charge on any atom is -0.464 e. The fourth-order valence-electron chi connectivity index (χ4n) is 8.16. The second kappa shape index (κ2) is 17.7. The molecular formula is C36H68N2O11. The number of cyclic esters (lactones) is 1. The van der Waals surface area contributed by atoms with E-state index in [1.165, 1.54) is 0 Å². The summed E-state index contributed by atoms with van der Waals surface area (Å²) in [5.41, 5.74) is -1.98. The highest BCUT2D eigenvalue weighted by molar-refractivity contribution is 5.72. The number of esters is 1. The van der Waals surface area contributed by atoms with Crippen molar-refractivity contribution in [1.82, 2.24) is 9.80 Å². The third-order valence-corrected chi connectivity index (χ3v) is 11.5. The van der Waals surface area contributed by atoms with Crippen LogP contribution in [-0.2, 0) is 38.0 Å². The number of aliphatic hydroxyl groups excluding tert-OH is 3. The average Bonchev–Trinajstić information content (AvgIpc) is 3.04. The van der Waals surface area contributed by atoms with E-state index >= 15 is 0 Å². The highest BCUT2D eigenvalue weighted by Crippen LogP contribution is 2.41. The lowest BCUT2D eigenvalue weighted by Gasteiger charge is -2.49. The van der Waals surface area contributed by atoms with Gasteiger partial charge in [0.25, 0.3) is 0 Å². The van der Waals surface area contributed by atoms with E-state index in [2.05, 4.69) is 4.90 Å². The third-order valence-electron chi connectivity index (χ3n) is 11.5. The number of aliphatic hydroxyl groups is 3. The van der Waals surface area contributed by atoms with Crippen molar-refractivity contribution < 1.29 is 53.3 Å². The van der Waals surface area contributed by atoms with Crippen LogP contribution in [0.25, 0.3) is 0 Å². The van der Waals surface area contributed by atoms with Gasteiger partial charge in [0.2, 0.25) is 0 Å². The minimum absolute atomic E-state index is 0.0742. The van der Waals surface area contributed by atoms with Gasteiger partial charge in [0.15, 0.2) is 12.6 Å². The van der Waals surface area contributed by atoms with Gasteiger partial charge in [0.05, 0.1) is 47.6 Å². The van der Waals surface area contributed by atoms with E-state index < -0.39 is 78.2 Å². The van der Waals surface area contributed by atoms with E-state index in [4.69, 9.17) is 33.2 Å². The first-order valence-electron chi connectivity index (χ1n) is 18.1. The van der Waals surface area contributed by atoms with E-state index in [9.17, 15) is 20.1 Å². The molecule has 0 aromatic rings. The Bertz CT molecular complexity index is 1040. The Morgan fingerprint density at radius 1 is 0.878 bits per heavy atom. The van der Waals surface area contributed by atoms with E-state index in [0.717, 1.165) is 0 Å². The smallest absolute Gasteiger partial charge is 0.311 e. The molecule has 0 aromatic carbocycles. The van der Waals surface area contributed by atoms with Gasteiger partial charge in [-0.3, -0.25) is 4.79 Å². The lowest BCUT2D eigenvalue weighted by Crippen LogP contribution is -2.61. The third kappa shape index (κ3) is 10.1. The summed E-state index contributed by atoms with van der Waals surface area (Å²) in [6, 6.07) is -0.213. The molecule has 16 atom stereocenters. The number of rotatable bonds is 7. The fourth-order valence-corrected chi connectivity index (χ4v) is 8.16. The van der Waals surface area contributed by atoms with Crippen LogP contribution in [-0.4, -0.2) is 159 Å². The number of nitrogens with zero attached hydrogens (tertiary/aromatic N) is 2. The van der Waals surface area contributed by atoms with Crippen LogP contribution in [0.4, 0.5) is 0 Å². The number of ether oxygens (including phenoxy) is 7. The standard InChI is InChI=1S/C36H68N2O11/c1-20-17-36(8,44-13)32(49-34-29(40)26(37(9)10)16-22(3)46-34)23(4)30(48-27-18-35(7,43-12)31(41)25(6)47-27)24(5)33(42)45-15-14-38(11)19-21(2)28(20)39/h20-32,34,39-41H,14-19H2,1-13H3/t20-,21-,22-,23+,24-,25+,26+,27+,28+,29-,30+,31+,32-,34+,35-,36-/m1/s1. The van der Waals surface area contributed by atoms with Gasteiger partial charge in [-0.15, -0.1) is 0 Å². The van der Waals surface area contributed by atoms with Crippen LogP contribution >= 0.6 is 0 Å². The van der Waals surface area contributed by atoms with Gasteiger partial charge in [-0.1, -0.05) is 20.8 Å². The first-order chi connectivity index (χ1) is 22.8. The molecule has 0 aliphatic carbocycles. The molecule has 0 bridgehead atoms. The molecule has 3 rings (SSSR count). The minimum atomic E-state index is -1.04. The summed E-state index contributed by atoms with van der Waals surface area (Å²) in [6.45, 7) is 16.5. The van der Waals surface area contributed by atoms with Crippen LogP contribution < -0.4 is 0 Å². The number of hydrogen-bond donors (Lipinski definition) is 3. The molecule has 0 spiro atoms. The molecule has 3 N–H and O–H groups in total. The second-order valence-corrected chi connectivity index (χ2v) is 15.9. The Morgan fingerprint density at radius 3 is 2.10 bits per heavy atom. The maximum atomic E-state index is 13.8. The summed E-state index contributed by atoms with van der Waals surface area (Å²) >= 11 is 0. The molecular weight excluding hydrogens is 636 g/mol. The summed E-state index contributed by atoms with van der Waals surface area (Å²) in [4.78, 5) is 17.8. The van der Waals surface area contributed by atoms with Crippen molar-refractivity contribution >= 4 is 5.97 Å². The van der Waals surface area contributed by atoms with Crippen molar-refractivity contribution in [2.24, 2.45) is 23.7 Å². The van der Waals surface area contributed by atoms with Crippen molar-refractivity contribution in [3.63, 3.8) is 0 Å². The largest absolute Gasteiger partial charge is 0.464 e. The molecule has 0 radical (unpaired) electrons. The maximum Gasteiger partial charge on any atom is 0.311 e. The summed E-state index contributed by atoms with van der Waals surface area (Å²) in [6.07, 6.45) is -5.53. The maximum absolute atomic E-state index is 13.8. The van der Waals surface area contributed by atoms with Gasteiger partial charge in [0.1, 0.15) is 18.8 Å². The number of methoxy groups -OCH3 is 2. The Balaban J connectivity index is 2.13. The molecule has 3 aliphatic rings. The van der Waals surface area contributed by atoms with Crippen molar-refractivity contribution in [3.8, 4) is 0 Å².